The molecule has 1 unspecified atom stereocenters. The van der Waals surface area contributed by atoms with Crippen LogP contribution in [0.4, 0.5) is 0 Å². The van der Waals surface area contributed by atoms with Gasteiger partial charge in [-0.1, -0.05) is 28.5 Å². The van der Waals surface area contributed by atoms with E-state index in [0.29, 0.717) is 12.2 Å². The quantitative estimate of drug-likeness (QED) is 0.625. The zero-order valence-corrected chi connectivity index (χ0v) is 9.26. The van der Waals surface area contributed by atoms with Crippen molar-refractivity contribution in [2.24, 2.45) is 0 Å². The summed E-state index contributed by atoms with van der Waals surface area (Å²) in [5, 5.41) is -0.000318. The van der Waals surface area contributed by atoms with E-state index in [0.717, 1.165) is 0 Å². The van der Waals surface area contributed by atoms with Crippen molar-refractivity contribution >= 4 is 33.2 Å². The number of hydrogen-bond donors (Lipinski definition) is 0. The van der Waals surface area contributed by atoms with Gasteiger partial charge in [0.05, 0.1) is 11.0 Å². The van der Waals surface area contributed by atoms with Crippen LogP contribution in [0, 0.1) is 0 Å². The fraction of sp³-hybridized carbons (Fsp3) is 0.750. The van der Waals surface area contributed by atoms with Gasteiger partial charge in [0.2, 0.25) is 0 Å². The van der Waals surface area contributed by atoms with E-state index in [1.165, 1.54) is 21.6 Å². The molecule has 12 heavy (non-hydrogen) atoms. The van der Waals surface area contributed by atoms with Gasteiger partial charge in [0.25, 0.3) is 0 Å². The molecule has 0 heterocycles. The zero-order chi connectivity index (χ0) is 9.56. The summed E-state index contributed by atoms with van der Waals surface area (Å²) in [7, 11) is 2.94. The fourth-order valence-corrected chi connectivity index (χ4v) is 2.73. The van der Waals surface area contributed by atoms with Gasteiger partial charge >= 0.3 is 0 Å². The van der Waals surface area contributed by atoms with Gasteiger partial charge in [-0.25, -0.2) is 0 Å². The van der Waals surface area contributed by atoms with Crippen molar-refractivity contribution < 1.29 is 9.59 Å². The molecule has 0 radical (unpaired) electrons. The molecule has 0 aliphatic heterocycles. The Labute approximate surface area is 81.3 Å². The molecule has 0 aromatic rings. The molecule has 0 aromatic carbocycles. The van der Waals surface area contributed by atoms with Gasteiger partial charge in [-0.05, 0) is 13.8 Å². The average molecular weight is 206 g/mol. The Balaban J connectivity index is 3.43. The van der Waals surface area contributed by atoms with Crippen molar-refractivity contribution in [3.63, 3.8) is 0 Å². The third-order valence-corrected chi connectivity index (χ3v) is 4.22. The number of hydrogen-bond acceptors (Lipinski definition) is 4. The van der Waals surface area contributed by atoms with E-state index in [1.54, 1.807) is 6.92 Å². The molecule has 0 saturated carbocycles. The average Bonchev–Trinajstić information content (AvgIpc) is 2.03. The van der Waals surface area contributed by atoms with Crippen molar-refractivity contribution in [2.45, 2.75) is 32.4 Å². The van der Waals surface area contributed by atoms with Crippen LogP contribution < -0.4 is 0 Å². The molecule has 0 spiro atoms. The molecule has 0 saturated heterocycles. The Kier molecular flexibility index (Phi) is 6.57. The highest BCUT2D eigenvalue weighted by atomic mass is 33.1. The first-order valence-electron chi connectivity index (χ1n) is 3.88. The molecule has 1 atom stereocenters. The van der Waals surface area contributed by atoms with Crippen molar-refractivity contribution in [3.8, 4) is 0 Å². The molecule has 0 bridgehead atoms. The van der Waals surface area contributed by atoms with Crippen LogP contribution in [0.1, 0.15) is 27.2 Å². The lowest BCUT2D eigenvalue weighted by Crippen LogP contribution is -2.07. The number of ketones is 2. The maximum Gasteiger partial charge on any atom is 0.143 e. The maximum absolute atomic E-state index is 10.8. The fourth-order valence-electron chi connectivity index (χ4n) is 0.372. The second kappa shape index (κ2) is 6.54. The molecule has 4 heteroatoms. The smallest absolute Gasteiger partial charge is 0.143 e. The van der Waals surface area contributed by atoms with Gasteiger partial charge in [0.15, 0.2) is 0 Å². The molecular formula is C8H14O2S2. The van der Waals surface area contributed by atoms with Crippen LogP contribution in [0.5, 0.6) is 0 Å². The molecular weight excluding hydrogens is 192 g/mol. The monoisotopic (exact) mass is 206 g/mol. The summed E-state index contributed by atoms with van der Waals surface area (Å²) >= 11 is 0. The van der Waals surface area contributed by atoms with Gasteiger partial charge in [0, 0.05) is 6.42 Å². The molecule has 0 N–H and O–H groups in total. The lowest BCUT2D eigenvalue weighted by molar-refractivity contribution is -0.117. The van der Waals surface area contributed by atoms with E-state index in [-0.39, 0.29) is 16.8 Å². The Morgan fingerprint density at radius 2 is 2.00 bits per heavy atom. The maximum atomic E-state index is 10.8. The molecule has 0 aliphatic carbocycles. The van der Waals surface area contributed by atoms with E-state index in [2.05, 4.69) is 0 Å². The third-order valence-electron chi connectivity index (χ3n) is 1.40. The minimum atomic E-state index is -0.000318. The topological polar surface area (TPSA) is 34.1 Å². The van der Waals surface area contributed by atoms with Crippen LogP contribution >= 0.6 is 21.6 Å². The van der Waals surface area contributed by atoms with E-state index in [4.69, 9.17) is 0 Å². The van der Waals surface area contributed by atoms with Crippen LogP contribution in [0.15, 0.2) is 0 Å². The van der Waals surface area contributed by atoms with E-state index < -0.39 is 0 Å². The summed E-state index contributed by atoms with van der Waals surface area (Å²) in [4.78, 5) is 21.6. The minimum absolute atomic E-state index is 0.000318. The van der Waals surface area contributed by atoms with E-state index >= 15 is 0 Å². The number of Topliss-reactive ketones (excluding diaryl/α,β-unsaturated/α-hetero) is 2. The van der Waals surface area contributed by atoms with Gasteiger partial charge in [-0.15, -0.1) is 0 Å². The summed E-state index contributed by atoms with van der Waals surface area (Å²) in [6.45, 7) is 5.28. The molecule has 0 amide bonds. The lowest BCUT2D eigenvalue weighted by Gasteiger charge is -2.04. The van der Waals surface area contributed by atoms with Crippen LogP contribution in [0.3, 0.4) is 0 Å². The summed E-state index contributed by atoms with van der Waals surface area (Å²) in [5.74, 6) is 0.915. The molecule has 70 valence electrons. The SMILES string of the molecule is CCC(=O)CSSC(C)C(C)=O. The first-order chi connectivity index (χ1) is 5.57. The van der Waals surface area contributed by atoms with Crippen molar-refractivity contribution in [2.75, 3.05) is 5.75 Å². The first kappa shape index (κ1) is 12.0. The van der Waals surface area contributed by atoms with E-state index in [9.17, 15) is 9.59 Å². The Morgan fingerprint density at radius 1 is 1.42 bits per heavy atom. The number of carbonyl (C=O) groups excluding carboxylic acids is 2. The first-order valence-corrected chi connectivity index (χ1v) is 6.26. The number of rotatable bonds is 6. The molecule has 0 fully saturated rings. The second-order valence-corrected chi connectivity index (χ2v) is 5.21. The summed E-state index contributed by atoms with van der Waals surface area (Å²) in [5.41, 5.74) is 0. The molecule has 2 nitrogen and oxygen atoms in total. The van der Waals surface area contributed by atoms with E-state index in [1.807, 2.05) is 13.8 Å². The van der Waals surface area contributed by atoms with Crippen LogP contribution in [0.25, 0.3) is 0 Å². The highest BCUT2D eigenvalue weighted by molar-refractivity contribution is 8.77. The Morgan fingerprint density at radius 3 is 2.42 bits per heavy atom. The normalized spacial score (nSPS) is 12.6. The largest absolute Gasteiger partial charge is 0.299 e. The van der Waals surface area contributed by atoms with Crippen molar-refractivity contribution in [1.82, 2.24) is 0 Å². The molecule has 0 aromatic heterocycles. The lowest BCUT2D eigenvalue weighted by atomic mass is 10.3. The third kappa shape index (κ3) is 5.66. The summed E-state index contributed by atoms with van der Waals surface area (Å²) in [6, 6.07) is 0. The van der Waals surface area contributed by atoms with Crippen molar-refractivity contribution in [3.05, 3.63) is 0 Å². The highest BCUT2D eigenvalue weighted by Crippen LogP contribution is 2.26. The summed E-state index contributed by atoms with van der Waals surface area (Å²) < 4.78 is 0. The van der Waals surface area contributed by atoms with Crippen LogP contribution in [0.2, 0.25) is 0 Å². The Bertz CT molecular complexity index is 168. The van der Waals surface area contributed by atoms with Crippen LogP contribution in [-0.4, -0.2) is 22.6 Å². The van der Waals surface area contributed by atoms with Crippen molar-refractivity contribution in [1.29, 1.82) is 0 Å². The zero-order valence-electron chi connectivity index (χ0n) is 7.62. The second-order valence-electron chi connectivity index (χ2n) is 2.50. The molecule has 0 aliphatic rings. The minimum Gasteiger partial charge on any atom is -0.299 e. The van der Waals surface area contributed by atoms with Gasteiger partial charge < -0.3 is 0 Å². The Hall–Kier alpha value is 0.0400. The predicted molar refractivity (Wildman–Crippen MR) is 55.5 cm³/mol. The van der Waals surface area contributed by atoms with Gasteiger partial charge in [-0.3, -0.25) is 9.59 Å². The molecule has 0 rings (SSSR count). The standard InChI is InChI=1S/C8H14O2S2/c1-4-8(10)5-11-12-7(3)6(2)9/h7H,4-5H2,1-3H3. The summed E-state index contributed by atoms with van der Waals surface area (Å²) in [6.07, 6.45) is 0.585. The van der Waals surface area contributed by atoms with Gasteiger partial charge in [-0.2, -0.15) is 0 Å². The van der Waals surface area contributed by atoms with Gasteiger partial charge in [0.1, 0.15) is 11.6 Å². The van der Waals surface area contributed by atoms with Crippen LogP contribution in [-0.2, 0) is 9.59 Å². The highest BCUT2D eigenvalue weighted by Gasteiger charge is 2.08. The number of carbonyl (C=O) groups is 2. The predicted octanol–water partition coefficient (Wildman–Crippen LogP) is 2.32.